The summed E-state index contributed by atoms with van der Waals surface area (Å²) in [5.74, 6) is 0.841. The topological polar surface area (TPSA) is 44.8 Å². The van der Waals surface area contributed by atoms with Gasteiger partial charge >= 0.3 is 5.97 Å². The van der Waals surface area contributed by atoms with E-state index < -0.39 is 0 Å². The Balaban J connectivity index is 2.20. The van der Waals surface area contributed by atoms with Crippen LogP contribution in [-0.4, -0.2) is 32.4 Å². The van der Waals surface area contributed by atoms with E-state index >= 15 is 0 Å². The Labute approximate surface area is 95.6 Å². The maximum Gasteiger partial charge on any atom is 0.337 e. The number of ether oxygens (including phenoxy) is 3. The smallest absolute Gasteiger partial charge is 0.337 e. The third-order valence-corrected chi connectivity index (χ3v) is 3.25. The number of hydrogen-bond donors (Lipinski definition) is 0. The molecule has 2 aliphatic rings. The van der Waals surface area contributed by atoms with E-state index in [0.717, 1.165) is 30.6 Å². The summed E-state index contributed by atoms with van der Waals surface area (Å²) in [4.78, 5) is 11.7. The summed E-state index contributed by atoms with van der Waals surface area (Å²) in [6, 6.07) is 0. The molecule has 1 aliphatic heterocycles. The number of rotatable bonds is 3. The summed E-state index contributed by atoms with van der Waals surface area (Å²) in [6.07, 6.45) is 2.91. The zero-order valence-corrected chi connectivity index (χ0v) is 9.82. The molecular formula is C12H18O4. The third-order valence-electron chi connectivity index (χ3n) is 3.25. The highest BCUT2D eigenvalue weighted by molar-refractivity contribution is 5.89. The van der Waals surface area contributed by atoms with E-state index in [-0.39, 0.29) is 18.0 Å². The van der Waals surface area contributed by atoms with Gasteiger partial charge in [-0.25, -0.2) is 4.79 Å². The molecule has 0 spiro atoms. The molecule has 16 heavy (non-hydrogen) atoms. The zero-order valence-electron chi connectivity index (χ0n) is 9.82. The second kappa shape index (κ2) is 4.87. The van der Waals surface area contributed by atoms with Gasteiger partial charge in [-0.3, -0.25) is 0 Å². The van der Waals surface area contributed by atoms with Gasteiger partial charge in [0.05, 0.1) is 12.2 Å². The molecule has 0 N–H and O–H groups in total. The van der Waals surface area contributed by atoms with Gasteiger partial charge in [-0.1, -0.05) is 0 Å². The van der Waals surface area contributed by atoms with Crippen molar-refractivity contribution in [3.05, 3.63) is 11.3 Å². The van der Waals surface area contributed by atoms with E-state index in [2.05, 4.69) is 0 Å². The molecule has 0 aromatic rings. The molecule has 0 radical (unpaired) electrons. The third kappa shape index (κ3) is 1.94. The van der Waals surface area contributed by atoms with Gasteiger partial charge in [0.1, 0.15) is 18.5 Å². The van der Waals surface area contributed by atoms with E-state index in [0.29, 0.717) is 13.2 Å². The lowest BCUT2D eigenvalue weighted by molar-refractivity contribution is -0.139. The van der Waals surface area contributed by atoms with Crippen molar-refractivity contribution in [2.24, 2.45) is 5.92 Å². The number of fused-ring (bicyclic) bond motifs is 1. The molecule has 1 fully saturated rings. The molecule has 0 bridgehead atoms. The van der Waals surface area contributed by atoms with Gasteiger partial charge in [0.25, 0.3) is 0 Å². The van der Waals surface area contributed by atoms with Gasteiger partial charge in [0, 0.05) is 13.0 Å². The van der Waals surface area contributed by atoms with Crippen LogP contribution in [0.15, 0.2) is 11.3 Å². The van der Waals surface area contributed by atoms with Crippen molar-refractivity contribution in [3.8, 4) is 0 Å². The Morgan fingerprint density at radius 1 is 1.56 bits per heavy atom. The standard InChI is InChI=1S/C12H18O4/c1-3-15-12(13)9-6-4-5-8-10(14-2)7-16-11(8)9/h8,10H,3-7H2,1-2H3/t8-,10-/m0/s1. The van der Waals surface area contributed by atoms with E-state index in [1.54, 1.807) is 7.11 Å². The van der Waals surface area contributed by atoms with Crippen LogP contribution in [0.4, 0.5) is 0 Å². The first-order valence-electron chi connectivity index (χ1n) is 5.83. The molecular weight excluding hydrogens is 208 g/mol. The maximum absolute atomic E-state index is 11.7. The number of carbonyl (C=O) groups is 1. The summed E-state index contributed by atoms with van der Waals surface area (Å²) in [5, 5.41) is 0. The van der Waals surface area contributed by atoms with Crippen LogP contribution >= 0.6 is 0 Å². The summed E-state index contributed by atoms with van der Waals surface area (Å²) in [6.45, 7) is 2.78. The van der Waals surface area contributed by atoms with Gasteiger partial charge in [0.2, 0.25) is 0 Å². The van der Waals surface area contributed by atoms with Gasteiger partial charge in [-0.2, -0.15) is 0 Å². The van der Waals surface area contributed by atoms with Crippen molar-refractivity contribution < 1.29 is 19.0 Å². The molecule has 1 aliphatic carbocycles. The van der Waals surface area contributed by atoms with Crippen LogP contribution in [0, 0.1) is 5.92 Å². The van der Waals surface area contributed by atoms with Crippen LogP contribution in [0.3, 0.4) is 0 Å². The van der Waals surface area contributed by atoms with Crippen molar-refractivity contribution in [2.45, 2.75) is 32.3 Å². The maximum atomic E-state index is 11.7. The Morgan fingerprint density at radius 2 is 2.38 bits per heavy atom. The molecule has 0 saturated carbocycles. The molecule has 1 heterocycles. The summed E-state index contributed by atoms with van der Waals surface area (Å²) >= 11 is 0. The Hall–Kier alpha value is -1.03. The van der Waals surface area contributed by atoms with Crippen molar-refractivity contribution in [2.75, 3.05) is 20.3 Å². The minimum atomic E-state index is -0.223. The number of methoxy groups -OCH3 is 1. The van der Waals surface area contributed by atoms with E-state index in [1.165, 1.54) is 0 Å². The second-order valence-corrected chi connectivity index (χ2v) is 4.15. The molecule has 0 amide bonds. The predicted molar refractivity (Wildman–Crippen MR) is 57.7 cm³/mol. The quantitative estimate of drug-likeness (QED) is 0.686. The number of hydrogen-bond acceptors (Lipinski definition) is 4. The van der Waals surface area contributed by atoms with Gasteiger partial charge < -0.3 is 14.2 Å². The minimum Gasteiger partial charge on any atom is -0.494 e. The fourth-order valence-corrected chi connectivity index (χ4v) is 2.47. The lowest BCUT2D eigenvalue weighted by Crippen LogP contribution is -2.24. The van der Waals surface area contributed by atoms with Gasteiger partial charge in [-0.15, -0.1) is 0 Å². The minimum absolute atomic E-state index is 0.0970. The Morgan fingerprint density at radius 3 is 3.06 bits per heavy atom. The molecule has 90 valence electrons. The average Bonchev–Trinajstić information content (AvgIpc) is 2.71. The van der Waals surface area contributed by atoms with Crippen molar-refractivity contribution in [1.29, 1.82) is 0 Å². The van der Waals surface area contributed by atoms with Crippen LogP contribution < -0.4 is 0 Å². The van der Waals surface area contributed by atoms with Crippen molar-refractivity contribution in [3.63, 3.8) is 0 Å². The van der Waals surface area contributed by atoms with Gasteiger partial charge in [-0.05, 0) is 26.2 Å². The monoisotopic (exact) mass is 226 g/mol. The molecule has 1 saturated heterocycles. The molecule has 0 aromatic carbocycles. The van der Waals surface area contributed by atoms with E-state index in [1.807, 2.05) is 6.92 Å². The van der Waals surface area contributed by atoms with Gasteiger partial charge in [0.15, 0.2) is 0 Å². The van der Waals surface area contributed by atoms with Crippen molar-refractivity contribution >= 4 is 5.97 Å². The molecule has 4 nitrogen and oxygen atoms in total. The predicted octanol–water partition coefficient (Wildman–Crippen LogP) is 1.65. The van der Waals surface area contributed by atoms with E-state index in [4.69, 9.17) is 14.2 Å². The Bertz CT molecular complexity index is 308. The largest absolute Gasteiger partial charge is 0.494 e. The zero-order chi connectivity index (χ0) is 11.5. The fraction of sp³-hybridized carbons (Fsp3) is 0.750. The lowest BCUT2D eigenvalue weighted by Gasteiger charge is -2.22. The highest BCUT2D eigenvalue weighted by Gasteiger charge is 2.39. The number of esters is 1. The lowest BCUT2D eigenvalue weighted by atomic mass is 9.86. The average molecular weight is 226 g/mol. The fourth-order valence-electron chi connectivity index (χ4n) is 2.47. The van der Waals surface area contributed by atoms with E-state index in [9.17, 15) is 4.79 Å². The van der Waals surface area contributed by atoms with Crippen LogP contribution in [-0.2, 0) is 19.0 Å². The molecule has 0 aromatic heterocycles. The van der Waals surface area contributed by atoms with Crippen LogP contribution in [0.5, 0.6) is 0 Å². The molecule has 2 atom stereocenters. The Kier molecular flexibility index (Phi) is 3.49. The summed E-state index contributed by atoms with van der Waals surface area (Å²) in [5.41, 5.74) is 0.720. The van der Waals surface area contributed by atoms with Crippen LogP contribution in [0.1, 0.15) is 26.2 Å². The second-order valence-electron chi connectivity index (χ2n) is 4.15. The first-order chi connectivity index (χ1) is 7.77. The van der Waals surface area contributed by atoms with Crippen molar-refractivity contribution in [1.82, 2.24) is 0 Å². The normalized spacial score (nSPS) is 28.6. The molecule has 4 heteroatoms. The highest BCUT2D eigenvalue weighted by Crippen LogP contribution is 2.39. The molecule has 2 rings (SSSR count). The molecule has 0 unspecified atom stereocenters. The van der Waals surface area contributed by atoms with Crippen LogP contribution in [0.2, 0.25) is 0 Å². The number of carbonyl (C=O) groups excluding carboxylic acids is 1. The first kappa shape index (κ1) is 11.5. The first-order valence-corrected chi connectivity index (χ1v) is 5.83. The highest BCUT2D eigenvalue weighted by atomic mass is 16.6. The summed E-state index contributed by atoms with van der Waals surface area (Å²) < 4.78 is 16.0. The SMILES string of the molecule is CCOC(=O)C1=C2OC[C@H](OC)[C@@H]2CCC1. The van der Waals surface area contributed by atoms with Crippen LogP contribution in [0.25, 0.3) is 0 Å². The summed E-state index contributed by atoms with van der Waals surface area (Å²) in [7, 11) is 1.69.